The molecule has 0 fully saturated rings. The first-order valence-electron chi connectivity index (χ1n) is 1.84. The van der Waals surface area contributed by atoms with Crippen molar-refractivity contribution < 1.29 is 9.45 Å². The van der Waals surface area contributed by atoms with Gasteiger partial charge in [-0.15, -0.1) is 0 Å². The Morgan fingerprint density at radius 2 is 2.43 bits per heavy atom. The van der Waals surface area contributed by atoms with Crippen LogP contribution in [0.4, 0.5) is 0 Å². The second-order valence-corrected chi connectivity index (χ2v) is 1.23. The normalized spacial score (nSPS) is 12.9. The van der Waals surface area contributed by atoms with Gasteiger partial charge in [0.25, 0.3) is 0 Å². The van der Waals surface area contributed by atoms with Crippen LogP contribution in [-0.2, 0) is 9.45 Å². The summed E-state index contributed by atoms with van der Waals surface area (Å²) in [5, 5.41) is 0. The Labute approximate surface area is 43.3 Å². The molecule has 0 heterocycles. The molecule has 3 nitrogen and oxygen atoms in total. The zero-order chi connectivity index (χ0) is 5.86. The van der Waals surface area contributed by atoms with Crippen molar-refractivity contribution in [3.8, 4) is 0 Å². The van der Waals surface area contributed by atoms with Gasteiger partial charge in [0.05, 0.1) is 6.04 Å². The van der Waals surface area contributed by atoms with Crippen molar-refractivity contribution >= 4 is 14.0 Å². The van der Waals surface area contributed by atoms with E-state index in [1.165, 1.54) is 6.92 Å². The second-order valence-electron chi connectivity index (χ2n) is 1.23. The van der Waals surface area contributed by atoms with Crippen LogP contribution < -0.4 is 5.73 Å². The van der Waals surface area contributed by atoms with Gasteiger partial charge in [0.15, 0.2) is 0 Å². The molecule has 4 heteroatoms. The maximum Gasteiger partial charge on any atom is 0.378 e. The molecule has 38 valence electrons. The molecule has 0 saturated heterocycles. The van der Waals surface area contributed by atoms with Crippen LogP contribution in [0.15, 0.2) is 0 Å². The lowest BCUT2D eigenvalue weighted by Gasteiger charge is -1.99. The summed E-state index contributed by atoms with van der Waals surface area (Å²) in [4.78, 5) is 10.0. The van der Waals surface area contributed by atoms with Crippen LogP contribution in [0.1, 0.15) is 6.92 Å². The zero-order valence-electron chi connectivity index (χ0n) is 4.05. The Bertz CT molecular complexity index is 73.3. The number of hydrogen-bond acceptors (Lipinski definition) is 3. The molecule has 0 aliphatic rings. The molecule has 0 aliphatic carbocycles. The molecule has 0 aliphatic heterocycles. The molecular weight excluding hydrogens is 92.9 g/mol. The molecule has 2 N–H and O–H groups in total. The highest BCUT2D eigenvalue weighted by atomic mass is 16.5. The van der Waals surface area contributed by atoms with Crippen LogP contribution in [0.5, 0.6) is 0 Å². The fourth-order valence-corrected chi connectivity index (χ4v) is 0.107. The minimum Gasteiger partial charge on any atom is -0.542 e. The van der Waals surface area contributed by atoms with Crippen molar-refractivity contribution in [3.05, 3.63) is 0 Å². The van der Waals surface area contributed by atoms with Crippen molar-refractivity contribution in [2.24, 2.45) is 5.73 Å². The predicted molar refractivity (Wildman–Crippen MR) is 25.5 cm³/mol. The summed E-state index contributed by atoms with van der Waals surface area (Å²) in [7, 11) is 4.44. The van der Waals surface area contributed by atoms with Gasteiger partial charge in [-0.1, -0.05) is 0 Å². The van der Waals surface area contributed by atoms with Crippen LogP contribution in [0, 0.1) is 0 Å². The fourth-order valence-electron chi connectivity index (χ4n) is 0.107. The van der Waals surface area contributed by atoms with E-state index in [9.17, 15) is 4.79 Å². The maximum absolute atomic E-state index is 10.0. The lowest BCUT2D eigenvalue weighted by molar-refractivity contribution is -0.135. The molecule has 0 aromatic rings. The highest BCUT2D eigenvalue weighted by Gasteiger charge is 2.03. The number of hydrogen-bond donors (Lipinski definition) is 1. The zero-order valence-corrected chi connectivity index (χ0v) is 4.05. The van der Waals surface area contributed by atoms with Gasteiger partial charge < -0.3 is 10.4 Å². The number of carbonyl (C=O) groups excluding carboxylic acids is 1. The summed E-state index contributed by atoms with van der Waals surface area (Å²) in [5.74, 6) is -0.597. The summed E-state index contributed by atoms with van der Waals surface area (Å²) in [5.41, 5.74) is 4.99. The molecule has 2 radical (unpaired) electrons. The van der Waals surface area contributed by atoms with E-state index in [2.05, 4.69) is 12.7 Å². The quantitative estimate of drug-likeness (QED) is 0.427. The van der Waals surface area contributed by atoms with Crippen LogP contribution in [0.2, 0.25) is 0 Å². The summed E-state index contributed by atoms with van der Waals surface area (Å²) in [6.07, 6.45) is 0. The van der Waals surface area contributed by atoms with Gasteiger partial charge in [0, 0.05) is 0 Å². The topological polar surface area (TPSA) is 52.3 Å². The molecule has 0 saturated carbocycles. The molecule has 7 heavy (non-hydrogen) atoms. The Balaban J connectivity index is 3.35. The largest absolute Gasteiger partial charge is 0.542 e. The molecule has 1 unspecified atom stereocenters. The lowest BCUT2D eigenvalue weighted by Crippen LogP contribution is -2.27. The third-order valence-corrected chi connectivity index (χ3v) is 0.488. The third kappa shape index (κ3) is 2.22. The van der Waals surface area contributed by atoms with Crippen LogP contribution >= 0.6 is 0 Å². The van der Waals surface area contributed by atoms with E-state index >= 15 is 0 Å². The van der Waals surface area contributed by atoms with Crippen molar-refractivity contribution in [3.63, 3.8) is 0 Å². The van der Waals surface area contributed by atoms with E-state index in [4.69, 9.17) is 5.73 Å². The van der Waals surface area contributed by atoms with Crippen LogP contribution in [-0.4, -0.2) is 20.1 Å². The van der Waals surface area contributed by atoms with Gasteiger partial charge >= 0.3 is 14.0 Å². The van der Waals surface area contributed by atoms with Gasteiger partial charge in [-0.25, -0.2) is 0 Å². The standard InChI is InChI=1S/C3H6BNO2/c1-2(5)3(6)7-4/h2H,5H2,1H3. The Morgan fingerprint density at radius 3 is 2.43 bits per heavy atom. The van der Waals surface area contributed by atoms with Gasteiger partial charge in [0.2, 0.25) is 0 Å². The minimum absolute atomic E-state index is 0.597. The van der Waals surface area contributed by atoms with E-state index in [1.807, 2.05) is 0 Å². The molecule has 0 amide bonds. The summed E-state index contributed by atoms with van der Waals surface area (Å²) in [6.45, 7) is 1.50. The monoisotopic (exact) mass is 99.0 g/mol. The molecular formula is C3H6BNO2. The van der Waals surface area contributed by atoms with E-state index in [0.29, 0.717) is 0 Å². The molecule has 0 aromatic carbocycles. The van der Waals surface area contributed by atoms with Crippen LogP contribution in [0.3, 0.4) is 0 Å². The summed E-state index contributed by atoms with van der Waals surface area (Å²) >= 11 is 0. The molecule has 0 spiro atoms. The highest BCUT2D eigenvalue weighted by Crippen LogP contribution is 1.75. The first kappa shape index (κ1) is 6.49. The molecule has 0 bridgehead atoms. The predicted octanol–water partition coefficient (Wildman–Crippen LogP) is -1.04. The first-order valence-corrected chi connectivity index (χ1v) is 1.84. The SMILES string of the molecule is [B]OC(=O)C(C)N. The smallest absolute Gasteiger partial charge is 0.378 e. The molecule has 1 atom stereocenters. The number of nitrogens with two attached hydrogens (primary N) is 1. The average Bonchev–Trinajstić information content (AvgIpc) is 1.65. The van der Waals surface area contributed by atoms with Gasteiger partial charge in [-0.05, 0) is 6.92 Å². The van der Waals surface area contributed by atoms with Crippen molar-refractivity contribution in [1.29, 1.82) is 0 Å². The molecule has 0 aromatic heterocycles. The fraction of sp³-hybridized carbons (Fsp3) is 0.667. The maximum atomic E-state index is 10.0. The van der Waals surface area contributed by atoms with E-state index < -0.39 is 12.0 Å². The van der Waals surface area contributed by atoms with Crippen LogP contribution in [0.25, 0.3) is 0 Å². The van der Waals surface area contributed by atoms with Crippen molar-refractivity contribution in [1.82, 2.24) is 0 Å². The summed E-state index contributed by atoms with van der Waals surface area (Å²) < 4.78 is 3.75. The van der Waals surface area contributed by atoms with Gasteiger partial charge in [0.1, 0.15) is 0 Å². The van der Waals surface area contributed by atoms with Gasteiger partial charge in [-0.3, -0.25) is 4.79 Å². The van der Waals surface area contributed by atoms with Crippen molar-refractivity contribution in [2.75, 3.05) is 0 Å². The highest BCUT2D eigenvalue weighted by molar-refractivity contribution is 6.06. The lowest BCUT2D eigenvalue weighted by atomic mass is 10.4. The Morgan fingerprint density at radius 1 is 2.00 bits per heavy atom. The Hall–Kier alpha value is -0.505. The second kappa shape index (κ2) is 2.63. The average molecular weight is 98.9 g/mol. The van der Waals surface area contributed by atoms with E-state index in [1.54, 1.807) is 0 Å². The third-order valence-electron chi connectivity index (χ3n) is 0.488. The number of carbonyl (C=O) groups is 1. The summed E-state index contributed by atoms with van der Waals surface area (Å²) in [6, 6.07) is -0.620. The van der Waals surface area contributed by atoms with E-state index in [0.717, 1.165) is 0 Å². The molecule has 0 rings (SSSR count). The van der Waals surface area contributed by atoms with E-state index in [-0.39, 0.29) is 0 Å². The van der Waals surface area contributed by atoms with Crippen molar-refractivity contribution in [2.45, 2.75) is 13.0 Å². The minimum atomic E-state index is -0.620. The van der Waals surface area contributed by atoms with Gasteiger partial charge in [-0.2, -0.15) is 0 Å². The first-order chi connectivity index (χ1) is 3.18. The number of rotatable bonds is 1. The Kier molecular flexibility index (Phi) is 2.44.